The van der Waals surface area contributed by atoms with Gasteiger partial charge in [0, 0.05) is 35.7 Å². The predicted molar refractivity (Wildman–Crippen MR) is 280 cm³/mol. The smallest absolute Gasteiger partial charge is 0.326 e. The second-order valence-electron chi connectivity index (χ2n) is 19.1. The minimum absolute atomic E-state index is 0.00285. The number of fused-ring (bicyclic) bond motifs is 1. The van der Waals surface area contributed by atoms with Crippen molar-refractivity contribution in [1.82, 2.24) is 42.2 Å². The van der Waals surface area contributed by atoms with Crippen LogP contribution in [-0.4, -0.2) is 139 Å². The van der Waals surface area contributed by atoms with Gasteiger partial charge in [-0.2, -0.15) is 12.6 Å². The Bertz CT molecular complexity index is 2680. The number of carbonyl (C=O) groups excluding carboxylic acids is 7. The number of aromatic nitrogens is 1. The maximum Gasteiger partial charge on any atom is 0.326 e. The third-order valence-corrected chi connectivity index (χ3v) is 12.2. The molecule has 76 heavy (non-hydrogen) atoms. The molecule has 0 fully saturated rings. The average Bonchev–Trinajstić information content (AvgIpc) is 3.76. The summed E-state index contributed by atoms with van der Waals surface area (Å²) in [7, 11) is 0. The van der Waals surface area contributed by atoms with E-state index in [9.17, 15) is 68.4 Å². The number of phenolic OH excluding ortho intramolecular Hbond substituents is 1. The van der Waals surface area contributed by atoms with E-state index in [1.165, 1.54) is 24.3 Å². The second-order valence-corrected chi connectivity index (χ2v) is 19.5. The highest BCUT2D eigenvalue weighted by atomic mass is 32.1. The number of carbonyl (C=O) groups is 10. The molecular weight excluding hydrogens is 1010 g/mol. The van der Waals surface area contributed by atoms with Gasteiger partial charge in [0.25, 0.3) is 0 Å². The van der Waals surface area contributed by atoms with Gasteiger partial charge in [-0.15, -0.1) is 0 Å². The standard InChI is InChI=1S/C52H67N9O14S/c1-27(2)18-36(57-49(71)39(23-43(63)64)55-45(67)34(53)22-31-25-54-35-13-9-8-12-33(31)35)46(68)56-37(19-28(3)4)47(69)61-42(26-76)51(73)58-38(20-29-10-6-5-7-11-29)48(70)59-40(24-44(65)66)50(72)60-41(52(74)75)21-30-14-16-32(62)17-15-30/h5-17,25,27-28,34,36-42,54,62,76H,18-24,26,53H2,1-4H3,(H,55,67)(H,56,68)(H,57,71)(H,58,73)(H,59,70)(H,60,72)(H,61,69)(H,63,64)(H,65,66)(H,74,75)/t34-,36-,37-,38-,39-,40-,41-,42-/m0/s1. The molecule has 4 aromatic rings. The lowest BCUT2D eigenvalue weighted by atomic mass is 9.99. The number of carboxylic acid groups (broad SMARTS) is 3. The number of amides is 7. The number of hydrogen-bond acceptors (Lipinski definition) is 13. The van der Waals surface area contributed by atoms with E-state index < -0.39 is 120 Å². The van der Waals surface area contributed by atoms with E-state index in [0.29, 0.717) is 16.7 Å². The molecule has 8 atom stereocenters. The van der Waals surface area contributed by atoms with E-state index in [1.807, 2.05) is 24.3 Å². The molecule has 0 unspecified atom stereocenters. The first-order valence-electron chi connectivity index (χ1n) is 24.5. The third kappa shape index (κ3) is 19.4. The van der Waals surface area contributed by atoms with E-state index in [2.05, 4.69) is 54.8 Å². The lowest BCUT2D eigenvalue weighted by molar-refractivity contribution is -0.144. The number of aromatic hydroxyl groups is 1. The Labute approximate surface area is 443 Å². The van der Waals surface area contributed by atoms with Gasteiger partial charge in [0.1, 0.15) is 48.0 Å². The number of nitrogens with two attached hydrogens (primary N) is 1. The third-order valence-electron chi connectivity index (χ3n) is 11.9. The van der Waals surface area contributed by atoms with Gasteiger partial charge in [-0.3, -0.25) is 43.2 Å². The Morgan fingerprint density at radius 3 is 1.42 bits per heavy atom. The van der Waals surface area contributed by atoms with Gasteiger partial charge >= 0.3 is 17.9 Å². The summed E-state index contributed by atoms with van der Waals surface area (Å²) in [6, 6.07) is 9.09. The monoisotopic (exact) mass is 1070 g/mol. The first-order chi connectivity index (χ1) is 35.9. The van der Waals surface area contributed by atoms with Gasteiger partial charge in [-0.1, -0.05) is 88.4 Å². The maximum absolute atomic E-state index is 14.1. The SMILES string of the molecule is CC(C)C[C@H](NC(=O)[C@H](CC(C)C)NC(=O)[C@H](CC(=O)O)NC(=O)[C@@H](N)Cc1c[nH]c2ccccc12)C(=O)N[C@@H](CS)C(=O)N[C@@H](Cc1ccccc1)C(=O)N[C@@H](CC(=O)O)C(=O)N[C@@H](Cc1ccc(O)cc1)C(=O)O. The van der Waals surface area contributed by atoms with Crippen LogP contribution in [0.25, 0.3) is 10.9 Å². The Kier molecular flexibility index (Phi) is 23.3. The molecule has 1 heterocycles. The molecule has 410 valence electrons. The second kappa shape index (κ2) is 29.2. The zero-order valence-corrected chi connectivity index (χ0v) is 43.3. The van der Waals surface area contributed by atoms with Gasteiger partial charge in [0.15, 0.2) is 0 Å². The highest BCUT2D eigenvalue weighted by Gasteiger charge is 2.36. The quantitative estimate of drug-likeness (QED) is 0.0319. The maximum atomic E-state index is 14.1. The summed E-state index contributed by atoms with van der Waals surface area (Å²) in [6.07, 6.45) is -0.576. The van der Waals surface area contributed by atoms with E-state index >= 15 is 0 Å². The Morgan fingerprint density at radius 1 is 0.500 bits per heavy atom. The van der Waals surface area contributed by atoms with Crippen LogP contribution < -0.4 is 43.0 Å². The number of aliphatic carboxylic acids is 3. The van der Waals surface area contributed by atoms with Crippen molar-refractivity contribution in [2.45, 2.75) is 121 Å². The van der Waals surface area contributed by atoms with Crippen molar-refractivity contribution in [3.63, 3.8) is 0 Å². The van der Waals surface area contributed by atoms with Gasteiger partial charge in [-0.25, -0.2) is 4.79 Å². The van der Waals surface area contributed by atoms with Crippen LogP contribution in [0.4, 0.5) is 0 Å². The minimum atomic E-state index is -1.84. The molecule has 23 nitrogen and oxygen atoms in total. The lowest BCUT2D eigenvalue weighted by Crippen LogP contribution is -2.61. The minimum Gasteiger partial charge on any atom is -0.508 e. The molecule has 0 spiro atoms. The molecule has 0 aliphatic rings. The van der Waals surface area contributed by atoms with Crippen LogP contribution >= 0.6 is 12.6 Å². The zero-order chi connectivity index (χ0) is 56.2. The van der Waals surface area contributed by atoms with Crippen molar-refractivity contribution in [3.05, 3.63) is 102 Å². The highest BCUT2D eigenvalue weighted by molar-refractivity contribution is 7.80. The Hall–Kier alpha value is -7.99. The number of para-hydroxylation sites is 1. The largest absolute Gasteiger partial charge is 0.508 e. The van der Waals surface area contributed by atoms with Crippen molar-refractivity contribution in [1.29, 1.82) is 0 Å². The number of phenols is 1. The van der Waals surface area contributed by atoms with Crippen LogP contribution in [-0.2, 0) is 67.2 Å². The van der Waals surface area contributed by atoms with Crippen molar-refractivity contribution in [3.8, 4) is 5.75 Å². The van der Waals surface area contributed by atoms with Crippen LogP contribution in [0.2, 0.25) is 0 Å². The van der Waals surface area contributed by atoms with Crippen LogP contribution in [0.15, 0.2) is 85.1 Å². The summed E-state index contributed by atoms with van der Waals surface area (Å²) in [5.74, 6) is -12.1. The number of benzene rings is 3. The van der Waals surface area contributed by atoms with Crippen molar-refractivity contribution < 1.29 is 68.4 Å². The lowest BCUT2D eigenvalue weighted by Gasteiger charge is -2.28. The van der Waals surface area contributed by atoms with Crippen LogP contribution in [0.5, 0.6) is 5.75 Å². The van der Waals surface area contributed by atoms with Crippen molar-refractivity contribution >= 4 is 82.8 Å². The zero-order valence-electron chi connectivity index (χ0n) is 42.4. The number of thiol groups is 1. The number of aromatic amines is 1. The van der Waals surface area contributed by atoms with E-state index in [0.717, 1.165) is 10.9 Å². The molecule has 0 aliphatic heterocycles. The van der Waals surface area contributed by atoms with Crippen molar-refractivity contribution in [2.24, 2.45) is 17.6 Å². The summed E-state index contributed by atoms with van der Waals surface area (Å²) in [6.45, 7) is 7.02. The van der Waals surface area contributed by atoms with E-state index in [4.69, 9.17) is 5.73 Å². The number of hydrogen-bond donors (Lipinski definition) is 14. The average molecular weight is 1070 g/mol. The van der Waals surface area contributed by atoms with Crippen LogP contribution in [0.3, 0.4) is 0 Å². The summed E-state index contributed by atoms with van der Waals surface area (Å²) in [5.41, 5.74) is 8.67. The van der Waals surface area contributed by atoms with Crippen LogP contribution in [0.1, 0.15) is 70.1 Å². The van der Waals surface area contributed by atoms with E-state index in [-0.39, 0.29) is 55.4 Å². The summed E-state index contributed by atoms with van der Waals surface area (Å²) >= 11 is 4.27. The van der Waals surface area contributed by atoms with Gasteiger partial charge in [0.2, 0.25) is 41.4 Å². The number of rotatable bonds is 30. The molecule has 0 saturated carbocycles. The molecule has 4 rings (SSSR count). The molecule has 14 N–H and O–H groups in total. The number of H-pyrrole nitrogens is 1. The Balaban J connectivity index is 1.49. The first-order valence-corrected chi connectivity index (χ1v) is 25.1. The molecule has 3 aromatic carbocycles. The fourth-order valence-corrected chi connectivity index (χ4v) is 8.29. The Morgan fingerprint density at radius 2 is 0.908 bits per heavy atom. The van der Waals surface area contributed by atoms with Crippen molar-refractivity contribution in [2.75, 3.05) is 5.75 Å². The van der Waals surface area contributed by atoms with Gasteiger partial charge in [-0.05, 0) is 66.0 Å². The highest BCUT2D eigenvalue weighted by Crippen LogP contribution is 2.19. The van der Waals surface area contributed by atoms with Gasteiger partial charge < -0.3 is 68.4 Å². The molecular formula is C52H67N9O14S. The molecule has 0 bridgehead atoms. The van der Waals surface area contributed by atoms with Gasteiger partial charge in [0.05, 0.1) is 18.9 Å². The fourth-order valence-electron chi connectivity index (χ4n) is 8.04. The normalized spacial score (nSPS) is 14.4. The topological polar surface area (TPSA) is 378 Å². The molecule has 7 amide bonds. The number of nitrogens with one attached hydrogen (secondary N) is 8. The number of carboxylic acids is 3. The summed E-state index contributed by atoms with van der Waals surface area (Å²) < 4.78 is 0. The molecule has 0 saturated heterocycles. The molecule has 1 aromatic heterocycles. The first kappa shape index (κ1) is 60.6. The summed E-state index contributed by atoms with van der Waals surface area (Å²) in [5, 5.41) is 56.9. The molecule has 0 radical (unpaired) electrons. The predicted octanol–water partition coefficient (Wildman–Crippen LogP) is 0.678. The summed E-state index contributed by atoms with van der Waals surface area (Å²) in [4.78, 5) is 136. The fraction of sp³-hybridized carbons (Fsp3) is 0.423. The molecule has 24 heteroatoms. The van der Waals surface area contributed by atoms with E-state index in [1.54, 1.807) is 64.2 Å². The van der Waals surface area contributed by atoms with Crippen LogP contribution in [0, 0.1) is 11.8 Å². The molecule has 0 aliphatic carbocycles.